The van der Waals surface area contributed by atoms with Crippen LogP contribution in [0.4, 0.5) is 0 Å². The van der Waals surface area contributed by atoms with Gasteiger partial charge in [0.1, 0.15) is 0 Å². The summed E-state index contributed by atoms with van der Waals surface area (Å²) in [6.45, 7) is 0. The lowest BCUT2D eigenvalue weighted by Crippen LogP contribution is -2.07. The van der Waals surface area contributed by atoms with Gasteiger partial charge >= 0.3 is 0 Å². The molecular weight excluding hydrogens is 769 g/mol. The number of rotatable bonds is 6. The normalized spacial score (nSPS) is 11.8. The Bertz CT molecular complexity index is 3880. The van der Waals surface area contributed by atoms with E-state index in [9.17, 15) is 0 Å². The van der Waals surface area contributed by atoms with Crippen molar-refractivity contribution in [2.75, 3.05) is 0 Å². The number of para-hydroxylation sites is 5. The Morgan fingerprint density at radius 2 is 0.778 bits per heavy atom. The number of hydrogen-bond donors (Lipinski definition) is 0. The van der Waals surface area contributed by atoms with Crippen LogP contribution in [-0.4, -0.2) is 28.7 Å². The Labute approximate surface area is 362 Å². The summed E-state index contributed by atoms with van der Waals surface area (Å²) in [5, 5.41) is 6.87. The SMILES string of the molecule is c1ccc(-c2ccc(-n3c4ccccc4c4c3ccc3c5ccccc5n(-c5nc(-c6ccccc6)nc(-c6cccc7c8ccccc8n(-c8ccccc8)c67)n5)c34)cc2)cc1. The smallest absolute Gasteiger partial charge is 0.238 e. The fourth-order valence-corrected chi connectivity index (χ4v) is 9.77. The molecule has 0 saturated heterocycles. The average Bonchev–Trinajstić information content (AvgIpc) is 4.01. The first-order valence-corrected chi connectivity index (χ1v) is 21.3. The zero-order chi connectivity index (χ0) is 41.4. The third-order valence-corrected chi connectivity index (χ3v) is 12.5. The third-order valence-electron chi connectivity index (χ3n) is 12.5. The molecule has 0 amide bonds. The summed E-state index contributed by atoms with van der Waals surface area (Å²) in [7, 11) is 0. The minimum absolute atomic E-state index is 0.556. The van der Waals surface area contributed by atoms with E-state index in [1.54, 1.807) is 0 Å². The number of nitrogens with zero attached hydrogens (tertiary/aromatic N) is 6. The molecule has 0 fully saturated rings. The second-order valence-corrected chi connectivity index (χ2v) is 16.0. The Morgan fingerprint density at radius 1 is 0.270 bits per heavy atom. The van der Waals surface area contributed by atoms with Crippen LogP contribution < -0.4 is 0 Å². The minimum atomic E-state index is 0.556. The van der Waals surface area contributed by atoms with Gasteiger partial charge in [-0.15, -0.1) is 0 Å². The van der Waals surface area contributed by atoms with Crippen molar-refractivity contribution >= 4 is 65.4 Å². The van der Waals surface area contributed by atoms with Gasteiger partial charge in [0.2, 0.25) is 5.95 Å². The van der Waals surface area contributed by atoms with Crippen LogP contribution in [0, 0.1) is 0 Å². The summed E-state index contributed by atoms with van der Waals surface area (Å²) in [6.07, 6.45) is 0. The first-order chi connectivity index (χ1) is 31.3. The molecule has 4 aromatic heterocycles. The maximum absolute atomic E-state index is 5.54. The Kier molecular flexibility index (Phi) is 7.80. The number of hydrogen-bond acceptors (Lipinski definition) is 3. The van der Waals surface area contributed by atoms with E-state index in [2.05, 4.69) is 214 Å². The summed E-state index contributed by atoms with van der Waals surface area (Å²) in [5.41, 5.74) is 12.9. The van der Waals surface area contributed by atoms with E-state index < -0.39 is 0 Å². The molecule has 0 unspecified atom stereocenters. The molecule has 294 valence electrons. The number of aromatic nitrogens is 6. The first-order valence-electron chi connectivity index (χ1n) is 21.3. The van der Waals surface area contributed by atoms with Crippen LogP contribution in [0.15, 0.2) is 218 Å². The lowest BCUT2D eigenvalue weighted by atomic mass is 10.1. The summed E-state index contributed by atoms with van der Waals surface area (Å²) < 4.78 is 7.00. The van der Waals surface area contributed by atoms with Crippen molar-refractivity contribution in [2.24, 2.45) is 0 Å². The Morgan fingerprint density at radius 3 is 1.48 bits per heavy atom. The van der Waals surface area contributed by atoms with E-state index in [-0.39, 0.29) is 0 Å². The topological polar surface area (TPSA) is 53.5 Å². The van der Waals surface area contributed by atoms with Crippen molar-refractivity contribution in [1.29, 1.82) is 0 Å². The predicted molar refractivity (Wildman–Crippen MR) is 259 cm³/mol. The van der Waals surface area contributed by atoms with Crippen LogP contribution in [0.2, 0.25) is 0 Å². The molecular formula is C57H36N6. The van der Waals surface area contributed by atoms with Gasteiger partial charge in [-0.25, -0.2) is 4.98 Å². The zero-order valence-electron chi connectivity index (χ0n) is 34.0. The monoisotopic (exact) mass is 804 g/mol. The maximum atomic E-state index is 5.54. The molecule has 13 rings (SSSR count). The summed E-state index contributed by atoms with van der Waals surface area (Å²) in [4.78, 5) is 16.3. The van der Waals surface area contributed by atoms with Crippen LogP contribution in [-0.2, 0) is 0 Å². The van der Waals surface area contributed by atoms with Crippen molar-refractivity contribution in [2.45, 2.75) is 0 Å². The second kappa shape index (κ2) is 14.0. The van der Waals surface area contributed by atoms with Gasteiger partial charge in [-0.3, -0.25) is 4.57 Å². The molecule has 6 heteroatoms. The fourth-order valence-electron chi connectivity index (χ4n) is 9.77. The van der Waals surface area contributed by atoms with Gasteiger partial charge in [-0.05, 0) is 65.7 Å². The number of benzene rings is 9. The largest absolute Gasteiger partial charge is 0.309 e. The highest BCUT2D eigenvalue weighted by atomic mass is 15.2. The van der Waals surface area contributed by atoms with Crippen molar-refractivity contribution in [3.63, 3.8) is 0 Å². The average molecular weight is 805 g/mol. The van der Waals surface area contributed by atoms with Gasteiger partial charge in [-0.1, -0.05) is 164 Å². The van der Waals surface area contributed by atoms with Gasteiger partial charge in [0.15, 0.2) is 11.6 Å². The summed E-state index contributed by atoms with van der Waals surface area (Å²) >= 11 is 0. The molecule has 0 spiro atoms. The molecule has 0 aliphatic rings. The molecule has 6 nitrogen and oxygen atoms in total. The number of fused-ring (bicyclic) bond motifs is 10. The Hall–Kier alpha value is -8.61. The third kappa shape index (κ3) is 5.41. The predicted octanol–water partition coefficient (Wildman–Crippen LogP) is 14.2. The van der Waals surface area contributed by atoms with E-state index in [0.717, 1.165) is 82.5 Å². The Balaban J connectivity index is 1.12. The lowest BCUT2D eigenvalue weighted by Gasteiger charge is -2.14. The van der Waals surface area contributed by atoms with Crippen LogP contribution in [0.25, 0.3) is 117 Å². The van der Waals surface area contributed by atoms with Crippen LogP contribution in [0.5, 0.6) is 0 Å². The van der Waals surface area contributed by atoms with Crippen LogP contribution >= 0.6 is 0 Å². The van der Waals surface area contributed by atoms with E-state index in [1.165, 1.54) is 16.5 Å². The molecule has 9 aromatic carbocycles. The van der Waals surface area contributed by atoms with Crippen LogP contribution in [0.3, 0.4) is 0 Å². The highest BCUT2D eigenvalue weighted by Crippen LogP contribution is 2.43. The highest BCUT2D eigenvalue weighted by molar-refractivity contribution is 6.26. The molecule has 0 aliphatic carbocycles. The molecule has 0 aliphatic heterocycles. The molecule has 0 N–H and O–H groups in total. The minimum Gasteiger partial charge on any atom is -0.309 e. The van der Waals surface area contributed by atoms with Crippen molar-refractivity contribution in [3.8, 4) is 51.2 Å². The van der Waals surface area contributed by atoms with E-state index >= 15 is 0 Å². The molecule has 13 aromatic rings. The highest BCUT2D eigenvalue weighted by Gasteiger charge is 2.24. The first kappa shape index (κ1) is 35.2. The fraction of sp³-hybridized carbons (Fsp3) is 0. The standard InChI is InChI=1S/C57H36N6/c1-4-17-37(18-5-1)38-31-33-41(34-32-38)61-50-30-15-12-25-46(50)52-51(61)36-35-45-43-24-11-14-29-49(43)63(54(45)52)57-59-55(39-19-6-2-7-20-39)58-56(60-57)47-27-16-26-44-42-23-10-13-28-48(42)62(53(44)47)40-21-8-3-9-22-40/h1-36H. The van der Waals surface area contributed by atoms with E-state index in [4.69, 9.17) is 15.0 Å². The van der Waals surface area contributed by atoms with Gasteiger partial charge < -0.3 is 9.13 Å². The molecule has 0 saturated carbocycles. The molecule has 0 atom stereocenters. The maximum Gasteiger partial charge on any atom is 0.238 e. The van der Waals surface area contributed by atoms with Gasteiger partial charge in [0.25, 0.3) is 0 Å². The van der Waals surface area contributed by atoms with Crippen molar-refractivity contribution < 1.29 is 0 Å². The van der Waals surface area contributed by atoms with Crippen LogP contribution in [0.1, 0.15) is 0 Å². The quantitative estimate of drug-likeness (QED) is 0.168. The van der Waals surface area contributed by atoms with Crippen molar-refractivity contribution in [3.05, 3.63) is 218 Å². The van der Waals surface area contributed by atoms with E-state index in [1.807, 2.05) is 18.2 Å². The van der Waals surface area contributed by atoms with Gasteiger partial charge in [-0.2, -0.15) is 9.97 Å². The molecule has 4 heterocycles. The summed E-state index contributed by atoms with van der Waals surface area (Å²) in [6, 6.07) is 77.2. The lowest BCUT2D eigenvalue weighted by molar-refractivity contribution is 0.955. The second-order valence-electron chi connectivity index (χ2n) is 16.0. The summed E-state index contributed by atoms with van der Waals surface area (Å²) in [5.74, 6) is 1.76. The zero-order valence-corrected chi connectivity index (χ0v) is 34.0. The molecule has 63 heavy (non-hydrogen) atoms. The molecule has 0 bridgehead atoms. The van der Waals surface area contributed by atoms with E-state index in [0.29, 0.717) is 17.6 Å². The van der Waals surface area contributed by atoms with Crippen molar-refractivity contribution in [1.82, 2.24) is 28.7 Å². The van der Waals surface area contributed by atoms with Gasteiger partial charge in [0, 0.05) is 54.8 Å². The van der Waals surface area contributed by atoms with Gasteiger partial charge in [0.05, 0.1) is 33.1 Å². The molecule has 0 radical (unpaired) electrons.